The molecule has 5 nitrogen and oxygen atoms in total. The maximum Gasteiger partial charge on any atom is 0.320 e. The molecule has 0 radical (unpaired) electrons. The molecule has 1 unspecified atom stereocenters. The van der Waals surface area contributed by atoms with Crippen molar-refractivity contribution in [3.63, 3.8) is 0 Å². The minimum absolute atomic E-state index is 0.110. The second kappa shape index (κ2) is 6.26. The number of carbonyl (C=O) groups is 2. The van der Waals surface area contributed by atoms with Crippen LogP contribution >= 0.6 is 0 Å². The molecule has 2 rings (SSSR count). The van der Waals surface area contributed by atoms with Crippen molar-refractivity contribution >= 4 is 12.0 Å². The molecular formula is C14H24N2O3. The van der Waals surface area contributed by atoms with E-state index in [1.165, 1.54) is 12.8 Å². The predicted molar refractivity (Wildman–Crippen MR) is 71.9 cm³/mol. The molecule has 0 aromatic carbocycles. The molecule has 2 aliphatic rings. The fraction of sp³-hybridized carbons (Fsp3) is 0.857. The Labute approximate surface area is 114 Å². The van der Waals surface area contributed by atoms with Crippen LogP contribution < -0.4 is 0 Å². The average Bonchev–Trinajstić information content (AvgIpc) is 2.57. The zero-order valence-corrected chi connectivity index (χ0v) is 11.7. The van der Waals surface area contributed by atoms with E-state index in [1.807, 2.05) is 4.90 Å². The summed E-state index contributed by atoms with van der Waals surface area (Å²) in [5, 5.41) is 8.70. The summed E-state index contributed by atoms with van der Waals surface area (Å²) in [4.78, 5) is 26.6. The number of amides is 2. The Bertz CT molecular complexity index is 340. The van der Waals surface area contributed by atoms with E-state index in [-0.39, 0.29) is 18.4 Å². The van der Waals surface area contributed by atoms with Crippen LogP contribution in [0, 0.1) is 11.8 Å². The summed E-state index contributed by atoms with van der Waals surface area (Å²) in [5.41, 5.74) is 0. The fourth-order valence-corrected chi connectivity index (χ4v) is 3.07. The highest BCUT2D eigenvalue weighted by Crippen LogP contribution is 2.24. The van der Waals surface area contributed by atoms with E-state index in [0.717, 1.165) is 31.8 Å². The summed E-state index contributed by atoms with van der Waals surface area (Å²) < 4.78 is 0. The molecule has 0 saturated carbocycles. The van der Waals surface area contributed by atoms with Gasteiger partial charge in [0, 0.05) is 32.1 Å². The van der Waals surface area contributed by atoms with Crippen LogP contribution in [0.1, 0.15) is 39.0 Å². The van der Waals surface area contributed by atoms with E-state index in [4.69, 9.17) is 5.11 Å². The van der Waals surface area contributed by atoms with E-state index in [9.17, 15) is 9.59 Å². The summed E-state index contributed by atoms with van der Waals surface area (Å²) in [6.45, 7) is 5.15. The quantitative estimate of drug-likeness (QED) is 0.852. The minimum atomic E-state index is -0.766. The number of carbonyl (C=O) groups excluding carboxylic acids is 1. The van der Waals surface area contributed by atoms with Gasteiger partial charge in [0.25, 0.3) is 0 Å². The second-order valence-electron chi connectivity index (χ2n) is 5.84. The lowest BCUT2D eigenvalue weighted by molar-refractivity contribution is -0.139. The molecule has 0 bridgehead atoms. The van der Waals surface area contributed by atoms with Crippen LogP contribution in [0.25, 0.3) is 0 Å². The van der Waals surface area contributed by atoms with Gasteiger partial charge in [0.2, 0.25) is 0 Å². The second-order valence-corrected chi connectivity index (χ2v) is 5.84. The number of carboxylic acid groups (broad SMARTS) is 1. The standard InChI is InChI=1S/C14H24N2O3/c1-2-11-4-3-6-15(7-5-11)14(19)16-9-12(10-16)8-13(17)18/h11-12H,2-10H2,1H3,(H,17,18). The lowest BCUT2D eigenvalue weighted by Gasteiger charge is -2.41. The molecule has 19 heavy (non-hydrogen) atoms. The third-order valence-electron chi connectivity index (χ3n) is 4.39. The van der Waals surface area contributed by atoms with E-state index in [0.29, 0.717) is 13.1 Å². The van der Waals surface area contributed by atoms with Gasteiger partial charge in [0.05, 0.1) is 6.42 Å². The van der Waals surface area contributed by atoms with Gasteiger partial charge in [-0.25, -0.2) is 4.79 Å². The summed E-state index contributed by atoms with van der Waals surface area (Å²) in [6.07, 6.45) is 4.81. The summed E-state index contributed by atoms with van der Waals surface area (Å²) in [5.74, 6) is 0.142. The number of rotatable bonds is 3. The average molecular weight is 268 g/mol. The first-order chi connectivity index (χ1) is 9.10. The van der Waals surface area contributed by atoms with Crippen LogP contribution in [0.5, 0.6) is 0 Å². The highest BCUT2D eigenvalue weighted by atomic mass is 16.4. The molecule has 5 heteroatoms. The molecule has 2 fully saturated rings. The molecular weight excluding hydrogens is 244 g/mol. The summed E-state index contributed by atoms with van der Waals surface area (Å²) in [6, 6.07) is 0.110. The van der Waals surface area contributed by atoms with Crippen molar-refractivity contribution in [2.45, 2.75) is 39.0 Å². The van der Waals surface area contributed by atoms with Crippen molar-refractivity contribution in [1.82, 2.24) is 9.80 Å². The molecule has 0 aliphatic carbocycles. The Morgan fingerprint density at radius 3 is 2.47 bits per heavy atom. The van der Waals surface area contributed by atoms with Gasteiger partial charge in [-0.1, -0.05) is 13.3 Å². The minimum Gasteiger partial charge on any atom is -0.481 e. The molecule has 1 atom stereocenters. The fourth-order valence-electron chi connectivity index (χ4n) is 3.07. The lowest BCUT2D eigenvalue weighted by atomic mass is 9.97. The van der Waals surface area contributed by atoms with Crippen LogP contribution in [0.3, 0.4) is 0 Å². The van der Waals surface area contributed by atoms with Crippen molar-refractivity contribution in [2.75, 3.05) is 26.2 Å². The molecule has 0 aromatic heterocycles. The van der Waals surface area contributed by atoms with Crippen molar-refractivity contribution in [2.24, 2.45) is 11.8 Å². The zero-order valence-electron chi connectivity index (χ0n) is 11.7. The first kappa shape index (κ1) is 14.2. The monoisotopic (exact) mass is 268 g/mol. The van der Waals surface area contributed by atoms with Crippen LogP contribution in [0.2, 0.25) is 0 Å². The van der Waals surface area contributed by atoms with Crippen LogP contribution in [-0.4, -0.2) is 53.1 Å². The topological polar surface area (TPSA) is 60.9 Å². The van der Waals surface area contributed by atoms with Crippen molar-refractivity contribution in [3.8, 4) is 0 Å². The smallest absolute Gasteiger partial charge is 0.320 e. The first-order valence-electron chi connectivity index (χ1n) is 7.35. The SMILES string of the molecule is CCC1CCCN(C(=O)N2CC(CC(=O)O)C2)CC1. The third-order valence-corrected chi connectivity index (χ3v) is 4.39. The number of hydrogen-bond donors (Lipinski definition) is 1. The van der Waals surface area contributed by atoms with Gasteiger partial charge in [0.15, 0.2) is 0 Å². The molecule has 108 valence electrons. The Balaban J connectivity index is 1.76. The predicted octanol–water partition coefficient (Wildman–Crippen LogP) is 2.03. The Morgan fingerprint density at radius 1 is 1.11 bits per heavy atom. The van der Waals surface area contributed by atoms with Gasteiger partial charge in [-0.05, 0) is 25.2 Å². The Kier molecular flexibility index (Phi) is 4.66. The molecule has 2 amide bonds. The molecule has 2 aliphatic heterocycles. The van der Waals surface area contributed by atoms with Crippen LogP contribution in [-0.2, 0) is 4.79 Å². The van der Waals surface area contributed by atoms with Gasteiger partial charge < -0.3 is 14.9 Å². The third kappa shape index (κ3) is 3.61. The van der Waals surface area contributed by atoms with E-state index >= 15 is 0 Å². The Hall–Kier alpha value is -1.26. The van der Waals surface area contributed by atoms with Gasteiger partial charge in [0.1, 0.15) is 0 Å². The zero-order chi connectivity index (χ0) is 13.8. The number of nitrogens with zero attached hydrogens (tertiary/aromatic N) is 2. The number of hydrogen-bond acceptors (Lipinski definition) is 2. The molecule has 1 N–H and O–H groups in total. The van der Waals surface area contributed by atoms with Gasteiger partial charge >= 0.3 is 12.0 Å². The normalized spacial score (nSPS) is 24.8. The van der Waals surface area contributed by atoms with Gasteiger partial charge in [-0.15, -0.1) is 0 Å². The molecule has 2 heterocycles. The Morgan fingerprint density at radius 2 is 1.84 bits per heavy atom. The van der Waals surface area contributed by atoms with Crippen molar-refractivity contribution < 1.29 is 14.7 Å². The molecule has 2 saturated heterocycles. The largest absolute Gasteiger partial charge is 0.481 e. The van der Waals surface area contributed by atoms with Gasteiger partial charge in [-0.2, -0.15) is 0 Å². The van der Waals surface area contributed by atoms with Crippen molar-refractivity contribution in [1.29, 1.82) is 0 Å². The molecule has 0 aromatic rings. The highest BCUT2D eigenvalue weighted by molar-refractivity contribution is 5.76. The first-order valence-corrected chi connectivity index (χ1v) is 7.35. The van der Waals surface area contributed by atoms with Crippen LogP contribution in [0.4, 0.5) is 4.79 Å². The maximum atomic E-state index is 12.3. The van der Waals surface area contributed by atoms with Crippen LogP contribution in [0.15, 0.2) is 0 Å². The van der Waals surface area contributed by atoms with E-state index in [2.05, 4.69) is 6.92 Å². The maximum absolute atomic E-state index is 12.3. The van der Waals surface area contributed by atoms with Crippen molar-refractivity contribution in [3.05, 3.63) is 0 Å². The number of urea groups is 1. The molecule has 0 spiro atoms. The summed E-state index contributed by atoms with van der Waals surface area (Å²) >= 11 is 0. The van der Waals surface area contributed by atoms with E-state index < -0.39 is 5.97 Å². The number of aliphatic carboxylic acids is 1. The summed E-state index contributed by atoms with van der Waals surface area (Å²) in [7, 11) is 0. The number of likely N-dealkylation sites (tertiary alicyclic amines) is 2. The van der Waals surface area contributed by atoms with E-state index in [1.54, 1.807) is 4.90 Å². The highest BCUT2D eigenvalue weighted by Gasteiger charge is 2.34. The lowest BCUT2D eigenvalue weighted by Crippen LogP contribution is -2.55. The number of carboxylic acids is 1. The van der Waals surface area contributed by atoms with Gasteiger partial charge in [-0.3, -0.25) is 4.79 Å².